The van der Waals surface area contributed by atoms with E-state index in [1.165, 1.54) is 0 Å². The Balaban J connectivity index is 4.17. The van der Waals surface area contributed by atoms with E-state index in [4.69, 9.17) is 0 Å². The van der Waals surface area contributed by atoms with E-state index in [0.717, 1.165) is 18.2 Å². The Morgan fingerprint density at radius 1 is 1.31 bits per heavy atom. The highest BCUT2D eigenvalue weighted by Gasteiger charge is 2.21. The molecule has 0 bridgehead atoms. The Hall–Kier alpha value is 0.390. The summed E-state index contributed by atoms with van der Waals surface area (Å²) < 4.78 is 26.2. The van der Waals surface area contributed by atoms with Gasteiger partial charge in [0.2, 0.25) is 10.0 Å². The lowest BCUT2D eigenvalue weighted by molar-refractivity contribution is 0.447. The molecule has 98 valence electrons. The fourth-order valence-corrected chi connectivity index (χ4v) is 3.85. The van der Waals surface area contributed by atoms with Gasteiger partial charge in [0.15, 0.2) is 0 Å². The van der Waals surface area contributed by atoms with Crippen LogP contribution in [0.5, 0.6) is 0 Å². The van der Waals surface area contributed by atoms with Crippen LogP contribution in [0.2, 0.25) is 0 Å². The molecule has 1 unspecified atom stereocenters. The average Bonchev–Trinajstić information content (AvgIpc) is 2.08. The van der Waals surface area contributed by atoms with Crippen molar-refractivity contribution in [3.05, 3.63) is 0 Å². The van der Waals surface area contributed by atoms with E-state index in [1.54, 1.807) is 0 Å². The smallest absolute Gasteiger partial charge is 0.212 e. The van der Waals surface area contributed by atoms with Gasteiger partial charge < -0.3 is 0 Å². The zero-order chi connectivity index (χ0) is 12.8. The predicted molar refractivity (Wildman–Crippen MR) is 73.4 cm³/mol. The van der Waals surface area contributed by atoms with E-state index < -0.39 is 10.0 Å². The van der Waals surface area contributed by atoms with Crippen molar-refractivity contribution in [3.63, 3.8) is 0 Å². The second kappa shape index (κ2) is 6.97. The lowest BCUT2D eigenvalue weighted by atomic mass is 10.0. The summed E-state index contributed by atoms with van der Waals surface area (Å²) in [6.45, 7) is 8.44. The summed E-state index contributed by atoms with van der Waals surface area (Å²) in [4.78, 5) is 0. The maximum absolute atomic E-state index is 11.7. The van der Waals surface area contributed by atoms with Gasteiger partial charge in [-0.3, -0.25) is 0 Å². The number of alkyl halides is 1. The van der Waals surface area contributed by atoms with Crippen molar-refractivity contribution in [2.24, 2.45) is 11.3 Å². The van der Waals surface area contributed by atoms with Gasteiger partial charge in [0.25, 0.3) is 0 Å². The first-order valence-corrected chi connectivity index (χ1v) is 8.51. The molecule has 0 saturated heterocycles. The third-order valence-corrected chi connectivity index (χ3v) is 4.62. The Kier molecular flexibility index (Phi) is 7.14. The molecule has 1 atom stereocenters. The summed E-state index contributed by atoms with van der Waals surface area (Å²) in [6.07, 6.45) is 2.01. The highest BCUT2D eigenvalue weighted by atomic mass is 79.9. The minimum Gasteiger partial charge on any atom is -0.215 e. The lowest BCUT2D eigenvalue weighted by Crippen LogP contribution is -2.35. The number of hydrogen-bond acceptors (Lipinski definition) is 2. The van der Waals surface area contributed by atoms with Crippen LogP contribution >= 0.6 is 15.9 Å². The van der Waals surface area contributed by atoms with Crippen molar-refractivity contribution in [1.82, 2.24) is 4.72 Å². The largest absolute Gasteiger partial charge is 0.215 e. The lowest BCUT2D eigenvalue weighted by Gasteiger charge is -2.20. The molecule has 0 heterocycles. The normalized spacial score (nSPS) is 15.1. The van der Waals surface area contributed by atoms with Crippen LogP contribution in [0.3, 0.4) is 0 Å². The molecule has 0 aromatic rings. The van der Waals surface area contributed by atoms with Crippen molar-refractivity contribution < 1.29 is 8.42 Å². The highest BCUT2D eigenvalue weighted by Crippen LogP contribution is 2.16. The molecule has 0 rings (SSSR count). The van der Waals surface area contributed by atoms with Crippen LogP contribution in [-0.2, 0) is 10.0 Å². The second-order valence-corrected chi connectivity index (χ2v) is 8.02. The average molecular weight is 314 g/mol. The van der Waals surface area contributed by atoms with Gasteiger partial charge in [-0.2, -0.15) is 0 Å². The summed E-state index contributed by atoms with van der Waals surface area (Å²) in [6, 6.07) is 0. The molecule has 0 aliphatic carbocycles. The molecule has 0 aromatic carbocycles. The van der Waals surface area contributed by atoms with Crippen LogP contribution in [0.1, 0.15) is 40.5 Å². The summed E-state index contributed by atoms with van der Waals surface area (Å²) in [5, 5.41) is 0.923. The fourth-order valence-electron chi connectivity index (χ4n) is 1.47. The van der Waals surface area contributed by atoms with Crippen LogP contribution < -0.4 is 4.72 Å². The van der Waals surface area contributed by atoms with Crippen LogP contribution in [0, 0.1) is 11.3 Å². The number of rotatable bonds is 7. The molecule has 0 fully saturated rings. The molecule has 3 nitrogen and oxygen atoms in total. The molecule has 0 saturated carbocycles. The molecule has 16 heavy (non-hydrogen) atoms. The van der Waals surface area contributed by atoms with Gasteiger partial charge in [-0.05, 0) is 17.8 Å². The number of halogens is 1. The summed E-state index contributed by atoms with van der Waals surface area (Å²) in [5.74, 6) is 0.610. The van der Waals surface area contributed by atoms with Gasteiger partial charge in [0.05, 0.1) is 5.75 Å². The molecule has 0 aromatic heterocycles. The Morgan fingerprint density at radius 3 is 2.25 bits per heavy atom. The zero-order valence-electron chi connectivity index (χ0n) is 10.7. The maximum atomic E-state index is 11.7. The summed E-state index contributed by atoms with van der Waals surface area (Å²) in [5.41, 5.74) is -0.192. The molecular formula is C11H24BrNO2S. The minimum atomic E-state index is -3.13. The summed E-state index contributed by atoms with van der Waals surface area (Å²) >= 11 is 3.38. The molecule has 0 radical (unpaired) electrons. The van der Waals surface area contributed by atoms with Crippen molar-refractivity contribution in [3.8, 4) is 0 Å². The van der Waals surface area contributed by atoms with Gasteiger partial charge >= 0.3 is 0 Å². The van der Waals surface area contributed by atoms with Crippen LogP contribution in [0.25, 0.3) is 0 Å². The first-order chi connectivity index (χ1) is 7.20. The van der Waals surface area contributed by atoms with Gasteiger partial charge in [0.1, 0.15) is 0 Å². The van der Waals surface area contributed by atoms with Crippen LogP contribution in [0.15, 0.2) is 0 Å². The third-order valence-electron chi connectivity index (χ3n) is 2.31. The highest BCUT2D eigenvalue weighted by molar-refractivity contribution is 9.09. The Morgan fingerprint density at radius 2 is 1.88 bits per heavy atom. The van der Waals surface area contributed by atoms with E-state index in [1.807, 2.05) is 20.8 Å². The van der Waals surface area contributed by atoms with Crippen molar-refractivity contribution in [2.45, 2.75) is 40.5 Å². The second-order valence-electron chi connectivity index (χ2n) is 5.42. The van der Waals surface area contributed by atoms with Crippen molar-refractivity contribution >= 4 is 26.0 Å². The number of nitrogens with one attached hydrogen (secondary N) is 1. The number of hydrogen-bond donors (Lipinski definition) is 1. The van der Waals surface area contributed by atoms with E-state index in [-0.39, 0.29) is 11.2 Å². The first-order valence-electron chi connectivity index (χ1n) is 5.73. The Bertz CT molecular complexity index is 283. The molecule has 1 N–H and O–H groups in total. The predicted octanol–water partition coefficient (Wildman–Crippen LogP) is 2.76. The van der Waals surface area contributed by atoms with E-state index in [2.05, 4.69) is 27.6 Å². The topological polar surface area (TPSA) is 46.2 Å². The van der Waals surface area contributed by atoms with E-state index in [9.17, 15) is 8.42 Å². The minimum absolute atomic E-state index is 0.185. The molecule has 0 aliphatic heterocycles. The van der Waals surface area contributed by atoms with E-state index in [0.29, 0.717) is 12.5 Å². The number of sulfonamides is 1. The summed E-state index contributed by atoms with van der Waals surface area (Å²) in [7, 11) is -3.13. The van der Waals surface area contributed by atoms with Crippen LogP contribution in [0.4, 0.5) is 0 Å². The molecule has 5 heteroatoms. The van der Waals surface area contributed by atoms with Crippen LogP contribution in [-0.4, -0.2) is 26.0 Å². The fraction of sp³-hybridized carbons (Fsp3) is 1.00. The zero-order valence-corrected chi connectivity index (χ0v) is 13.1. The monoisotopic (exact) mass is 313 g/mol. The van der Waals surface area contributed by atoms with Gasteiger partial charge in [-0.25, -0.2) is 13.1 Å². The molecule has 0 aliphatic rings. The maximum Gasteiger partial charge on any atom is 0.212 e. The molecule has 0 spiro atoms. The third kappa shape index (κ3) is 8.53. The van der Waals surface area contributed by atoms with Gasteiger partial charge in [-0.1, -0.05) is 50.0 Å². The first kappa shape index (κ1) is 16.4. The SMILES string of the molecule is CCC(CCBr)CNS(=O)(=O)CC(C)(C)C. The van der Waals surface area contributed by atoms with Gasteiger partial charge in [-0.15, -0.1) is 0 Å². The van der Waals surface area contributed by atoms with E-state index >= 15 is 0 Å². The quantitative estimate of drug-likeness (QED) is 0.735. The Labute approximate surface area is 109 Å². The standard InChI is InChI=1S/C11H24BrNO2S/c1-5-10(6-7-12)8-13-16(14,15)9-11(2,3)4/h10,13H,5-9H2,1-4H3. The molecular weight excluding hydrogens is 290 g/mol. The molecule has 0 amide bonds. The van der Waals surface area contributed by atoms with Gasteiger partial charge in [0, 0.05) is 11.9 Å². The van der Waals surface area contributed by atoms with Crippen molar-refractivity contribution in [1.29, 1.82) is 0 Å². The van der Waals surface area contributed by atoms with Crippen molar-refractivity contribution in [2.75, 3.05) is 17.6 Å².